The molecule has 0 radical (unpaired) electrons. The molecule has 0 spiro atoms. The highest BCUT2D eigenvalue weighted by molar-refractivity contribution is 6.61. The second-order valence-corrected chi connectivity index (χ2v) is 4.58. The molecule has 22 heavy (non-hydrogen) atoms. The van der Waals surface area contributed by atoms with E-state index in [1.165, 1.54) is 36.7 Å². The van der Waals surface area contributed by atoms with E-state index in [4.69, 9.17) is 0 Å². The van der Waals surface area contributed by atoms with Gasteiger partial charge in [-0.25, -0.2) is 9.67 Å². The monoisotopic (exact) mass is 307 g/mol. The normalized spacial score (nSPS) is 11.9. The van der Waals surface area contributed by atoms with Gasteiger partial charge in [0.15, 0.2) is 5.65 Å². The third-order valence-electron chi connectivity index (χ3n) is 3.22. The summed E-state index contributed by atoms with van der Waals surface area (Å²) in [5.41, 5.74) is -0.790. The second-order valence-electron chi connectivity index (χ2n) is 4.58. The van der Waals surface area contributed by atoms with Crippen molar-refractivity contribution in [2.75, 3.05) is 0 Å². The van der Waals surface area contributed by atoms with Gasteiger partial charge in [-0.1, -0.05) is 12.1 Å². The van der Waals surface area contributed by atoms with Gasteiger partial charge in [-0.05, 0) is 23.7 Å². The van der Waals surface area contributed by atoms with Gasteiger partial charge >= 0.3 is 13.3 Å². The Morgan fingerprint density at radius 3 is 2.50 bits per heavy atom. The van der Waals surface area contributed by atoms with Gasteiger partial charge < -0.3 is 10.0 Å². The molecule has 0 amide bonds. The first kappa shape index (κ1) is 14.5. The first-order valence-electron chi connectivity index (χ1n) is 6.25. The van der Waals surface area contributed by atoms with Crippen molar-refractivity contribution in [1.82, 2.24) is 14.8 Å². The van der Waals surface area contributed by atoms with Crippen molar-refractivity contribution in [3.05, 3.63) is 48.3 Å². The van der Waals surface area contributed by atoms with Crippen LogP contribution in [0.5, 0.6) is 0 Å². The molecule has 9 heteroatoms. The van der Waals surface area contributed by atoms with E-state index in [1.807, 2.05) is 0 Å². The van der Waals surface area contributed by atoms with E-state index in [9.17, 15) is 23.2 Å². The van der Waals surface area contributed by atoms with Gasteiger partial charge in [0.25, 0.3) is 0 Å². The molecule has 2 heterocycles. The highest BCUT2D eigenvalue weighted by atomic mass is 19.4. The Morgan fingerprint density at radius 2 is 1.82 bits per heavy atom. The molecule has 3 rings (SSSR count). The molecule has 0 fully saturated rings. The molecule has 112 valence electrons. The summed E-state index contributed by atoms with van der Waals surface area (Å²) in [5.74, 6) is 0. The maximum atomic E-state index is 13.1. The zero-order chi connectivity index (χ0) is 15.9. The number of aromatic nitrogens is 3. The van der Waals surface area contributed by atoms with Crippen LogP contribution in [0.15, 0.2) is 42.7 Å². The van der Waals surface area contributed by atoms with Crippen LogP contribution < -0.4 is 5.46 Å². The van der Waals surface area contributed by atoms with Crippen LogP contribution in [0.2, 0.25) is 0 Å². The number of pyridine rings is 1. The fourth-order valence-corrected chi connectivity index (χ4v) is 2.25. The lowest BCUT2D eigenvalue weighted by Gasteiger charge is -2.12. The van der Waals surface area contributed by atoms with E-state index in [0.717, 1.165) is 10.7 Å². The Morgan fingerprint density at radius 1 is 1.09 bits per heavy atom. The fraction of sp³-hybridized carbons (Fsp3) is 0.0769. The summed E-state index contributed by atoms with van der Waals surface area (Å²) in [6, 6.07) is 6.35. The summed E-state index contributed by atoms with van der Waals surface area (Å²) in [4.78, 5) is 3.99. The van der Waals surface area contributed by atoms with Crippen molar-refractivity contribution >= 4 is 23.6 Å². The molecule has 0 saturated carbocycles. The van der Waals surface area contributed by atoms with Crippen LogP contribution in [0.4, 0.5) is 13.2 Å². The zero-order valence-electron chi connectivity index (χ0n) is 11.0. The molecular weight excluding hydrogens is 298 g/mol. The maximum Gasteiger partial charge on any atom is 0.489 e. The Kier molecular flexibility index (Phi) is 3.38. The van der Waals surface area contributed by atoms with Crippen molar-refractivity contribution < 1.29 is 23.2 Å². The van der Waals surface area contributed by atoms with E-state index in [1.54, 1.807) is 0 Å². The van der Waals surface area contributed by atoms with Crippen LogP contribution >= 0.6 is 0 Å². The number of para-hydroxylation sites is 1. The van der Waals surface area contributed by atoms with Crippen LogP contribution in [0.3, 0.4) is 0 Å². The van der Waals surface area contributed by atoms with Gasteiger partial charge in [0.05, 0.1) is 17.4 Å². The maximum absolute atomic E-state index is 13.1. The molecule has 0 unspecified atom stereocenters. The highest BCUT2D eigenvalue weighted by Gasteiger charge is 2.34. The predicted octanol–water partition coefficient (Wildman–Crippen LogP) is 1.12. The molecule has 5 nitrogen and oxygen atoms in total. The van der Waals surface area contributed by atoms with E-state index in [2.05, 4.69) is 10.1 Å². The Hall–Kier alpha value is -2.39. The molecule has 0 aliphatic carbocycles. The van der Waals surface area contributed by atoms with Crippen LogP contribution in [-0.2, 0) is 6.18 Å². The van der Waals surface area contributed by atoms with Gasteiger partial charge in [-0.2, -0.15) is 18.3 Å². The van der Waals surface area contributed by atoms with Gasteiger partial charge in [0.1, 0.15) is 0 Å². The molecular formula is C13H9BF3N3O2. The number of alkyl halides is 3. The minimum absolute atomic E-state index is 0.113. The Bertz CT molecular complexity index is 833. The number of fused-ring (bicyclic) bond motifs is 1. The lowest BCUT2D eigenvalue weighted by molar-refractivity contribution is -0.137. The van der Waals surface area contributed by atoms with Crippen molar-refractivity contribution in [2.45, 2.75) is 6.18 Å². The van der Waals surface area contributed by atoms with Crippen LogP contribution in [0.25, 0.3) is 16.7 Å². The Balaban J connectivity index is 2.27. The number of rotatable bonds is 2. The Labute approximate surface area is 122 Å². The van der Waals surface area contributed by atoms with E-state index in [-0.39, 0.29) is 22.2 Å². The van der Waals surface area contributed by atoms with Gasteiger partial charge in [-0.3, -0.25) is 0 Å². The summed E-state index contributed by atoms with van der Waals surface area (Å²) in [5, 5.41) is 22.8. The summed E-state index contributed by atoms with van der Waals surface area (Å²) >= 11 is 0. The summed E-state index contributed by atoms with van der Waals surface area (Å²) in [6.45, 7) is 0. The topological polar surface area (TPSA) is 71.2 Å². The lowest BCUT2D eigenvalue weighted by atomic mass is 9.79. The molecule has 0 aliphatic heterocycles. The molecule has 0 atom stereocenters. The number of halogens is 3. The smallest absolute Gasteiger partial charge is 0.423 e. The average Bonchev–Trinajstić information content (AvgIpc) is 2.89. The van der Waals surface area contributed by atoms with Crippen molar-refractivity contribution in [2.24, 2.45) is 0 Å². The molecule has 2 N–H and O–H groups in total. The van der Waals surface area contributed by atoms with Gasteiger partial charge in [-0.15, -0.1) is 0 Å². The summed E-state index contributed by atoms with van der Waals surface area (Å²) in [6.07, 6.45) is -2.00. The van der Waals surface area contributed by atoms with Crippen LogP contribution in [0.1, 0.15) is 5.56 Å². The quantitative estimate of drug-likeness (QED) is 0.696. The van der Waals surface area contributed by atoms with Gasteiger partial charge in [0.2, 0.25) is 0 Å². The number of hydrogen-bond acceptors (Lipinski definition) is 4. The summed E-state index contributed by atoms with van der Waals surface area (Å²) < 4.78 is 40.4. The van der Waals surface area contributed by atoms with Crippen molar-refractivity contribution in [1.29, 1.82) is 0 Å². The first-order chi connectivity index (χ1) is 10.4. The fourth-order valence-electron chi connectivity index (χ4n) is 2.25. The van der Waals surface area contributed by atoms with Crippen molar-refractivity contribution in [3.63, 3.8) is 0 Å². The van der Waals surface area contributed by atoms with Crippen LogP contribution in [0, 0.1) is 0 Å². The first-order valence-corrected chi connectivity index (χ1v) is 6.25. The van der Waals surface area contributed by atoms with E-state index < -0.39 is 18.9 Å². The lowest BCUT2D eigenvalue weighted by Crippen LogP contribution is -2.30. The second kappa shape index (κ2) is 5.11. The number of hydrogen-bond donors (Lipinski definition) is 2. The zero-order valence-corrected chi connectivity index (χ0v) is 11.0. The SMILES string of the molecule is OB(O)c1ccnc2c1cnn2-c1ccccc1C(F)(F)F. The predicted molar refractivity (Wildman–Crippen MR) is 73.7 cm³/mol. The minimum Gasteiger partial charge on any atom is -0.423 e. The molecule has 0 aliphatic rings. The average molecular weight is 307 g/mol. The summed E-state index contributed by atoms with van der Waals surface area (Å²) in [7, 11) is -1.76. The minimum atomic E-state index is -4.54. The largest absolute Gasteiger partial charge is 0.489 e. The third kappa shape index (κ3) is 2.34. The standard InChI is InChI=1S/C13H9BF3N3O2/c15-13(16,17)9-3-1-2-4-11(9)20-12-8(7-19-20)10(14(21)22)5-6-18-12/h1-7,21-22H. The molecule has 1 aromatic carbocycles. The van der Waals surface area contributed by atoms with E-state index in [0.29, 0.717) is 0 Å². The molecule has 2 aromatic heterocycles. The van der Waals surface area contributed by atoms with Crippen LogP contribution in [-0.4, -0.2) is 31.9 Å². The molecule has 0 saturated heterocycles. The van der Waals surface area contributed by atoms with E-state index >= 15 is 0 Å². The number of nitrogens with zero attached hydrogens (tertiary/aromatic N) is 3. The highest BCUT2D eigenvalue weighted by Crippen LogP contribution is 2.34. The molecule has 3 aromatic rings. The molecule has 0 bridgehead atoms. The number of benzene rings is 1. The third-order valence-corrected chi connectivity index (χ3v) is 3.22. The van der Waals surface area contributed by atoms with Crippen molar-refractivity contribution in [3.8, 4) is 5.69 Å². The van der Waals surface area contributed by atoms with Gasteiger partial charge in [0, 0.05) is 11.6 Å².